The van der Waals surface area contributed by atoms with E-state index in [0.717, 1.165) is 38.3 Å². The smallest absolute Gasteiger partial charge is 0.223 e. The molecule has 1 N–H and O–H groups in total. The van der Waals surface area contributed by atoms with E-state index >= 15 is 0 Å². The summed E-state index contributed by atoms with van der Waals surface area (Å²) in [5.74, 6) is 1.28. The number of hydrogen-bond acceptors (Lipinski definition) is 3. The first kappa shape index (κ1) is 17.1. The van der Waals surface area contributed by atoms with Gasteiger partial charge < -0.3 is 9.67 Å². The number of unbranched alkanes of at least 4 members (excludes halogenated alkanes) is 2. The average Bonchev–Trinajstić information content (AvgIpc) is 2.43. The fourth-order valence-corrected chi connectivity index (χ4v) is 3.63. The highest BCUT2D eigenvalue weighted by Gasteiger charge is 2.22. The Hall–Kier alpha value is -1.29. The summed E-state index contributed by atoms with van der Waals surface area (Å²) in [5.41, 5.74) is 0.764. The van der Waals surface area contributed by atoms with Gasteiger partial charge in [0.1, 0.15) is 0 Å². The lowest BCUT2D eigenvalue weighted by Crippen LogP contribution is -2.39. The summed E-state index contributed by atoms with van der Waals surface area (Å²) < 4.78 is 2.07. The van der Waals surface area contributed by atoms with Crippen molar-refractivity contribution in [2.75, 3.05) is 13.1 Å². The zero-order valence-electron chi connectivity index (χ0n) is 14.2. The summed E-state index contributed by atoms with van der Waals surface area (Å²) in [5, 5.41) is 9.72. The van der Waals surface area contributed by atoms with Gasteiger partial charge in [0.25, 0.3) is 0 Å². The minimum atomic E-state index is -0.264. The van der Waals surface area contributed by atoms with Gasteiger partial charge in [-0.2, -0.15) is 0 Å². The monoisotopic (exact) mass is 306 g/mol. The van der Waals surface area contributed by atoms with Crippen LogP contribution in [0.5, 0.6) is 5.75 Å². The third-order valence-electron chi connectivity index (χ3n) is 4.53. The van der Waals surface area contributed by atoms with Crippen LogP contribution in [-0.2, 0) is 13.1 Å². The number of pyridine rings is 1. The van der Waals surface area contributed by atoms with Crippen molar-refractivity contribution < 1.29 is 5.11 Å². The normalized spacial score (nSPS) is 22.9. The van der Waals surface area contributed by atoms with E-state index in [1.807, 2.05) is 0 Å². The molecule has 1 saturated heterocycles. The highest BCUT2D eigenvalue weighted by molar-refractivity contribution is 5.20. The first-order valence-corrected chi connectivity index (χ1v) is 8.64. The summed E-state index contributed by atoms with van der Waals surface area (Å²) in [4.78, 5) is 14.3. The molecule has 2 heterocycles. The zero-order chi connectivity index (χ0) is 16.1. The Morgan fingerprint density at radius 3 is 2.55 bits per heavy atom. The van der Waals surface area contributed by atoms with Crippen LogP contribution in [0.15, 0.2) is 17.1 Å². The Kier molecular flexibility index (Phi) is 6.07. The van der Waals surface area contributed by atoms with E-state index in [-0.39, 0.29) is 11.2 Å². The molecule has 4 nitrogen and oxygen atoms in total. The van der Waals surface area contributed by atoms with Gasteiger partial charge in [-0.3, -0.25) is 9.69 Å². The molecule has 0 bridgehead atoms. The fraction of sp³-hybridized carbons (Fsp3) is 0.722. The number of hydrogen-bond donors (Lipinski definition) is 1. The maximum atomic E-state index is 11.8. The highest BCUT2D eigenvalue weighted by atomic mass is 16.3. The molecule has 2 rings (SSSR count). The van der Waals surface area contributed by atoms with Gasteiger partial charge in [0.05, 0.1) is 6.20 Å². The first-order chi connectivity index (χ1) is 10.5. The molecule has 124 valence electrons. The van der Waals surface area contributed by atoms with Gasteiger partial charge in [-0.15, -0.1) is 0 Å². The molecule has 0 aliphatic carbocycles. The summed E-state index contributed by atoms with van der Waals surface area (Å²) in [6.45, 7) is 10.6. The van der Waals surface area contributed by atoms with Crippen LogP contribution in [0.25, 0.3) is 0 Å². The van der Waals surface area contributed by atoms with E-state index in [2.05, 4.69) is 30.2 Å². The number of piperidine rings is 1. The lowest BCUT2D eigenvalue weighted by atomic mass is 9.92. The van der Waals surface area contributed by atoms with Crippen LogP contribution < -0.4 is 5.43 Å². The number of aryl methyl sites for hydroxylation is 1. The first-order valence-electron chi connectivity index (χ1n) is 8.64. The molecule has 1 aliphatic rings. The standard InChI is InChI=1S/C18H30N2O2/c1-4-5-6-7-20-13-18(22)17(21)9-16(20)12-19-10-14(2)8-15(3)11-19/h9,13-15,22H,4-8,10-12H2,1-3H3. The van der Waals surface area contributed by atoms with Crippen molar-refractivity contribution in [2.24, 2.45) is 11.8 Å². The van der Waals surface area contributed by atoms with Gasteiger partial charge >= 0.3 is 0 Å². The van der Waals surface area contributed by atoms with Crippen LogP contribution in [-0.4, -0.2) is 27.7 Å². The van der Waals surface area contributed by atoms with Crippen molar-refractivity contribution in [2.45, 2.75) is 59.5 Å². The molecule has 2 atom stereocenters. The number of aromatic nitrogens is 1. The summed E-state index contributed by atoms with van der Waals surface area (Å²) >= 11 is 0. The zero-order valence-corrected chi connectivity index (χ0v) is 14.2. The molecule has 0 saturated carbocycles. The van der Waals surface area contributed by atoms with Gasteiger partial charge in [-0.1, -0.05) is 33.6 Å². The third kappa shape index (κ3) is 4.60. The van der Waals surface area contributed by atoms with E-state index < -0.39 is 0 Å². The second kappa shape index (κ2) is 7.82. The van der Waals surface area contributed by atoms with Gasteiger partial charge in [0.15, 0.2) is 5.75 Å². The summed E-state index contributed by atoms with van der Waals surface area (Å²) in [7, 11) is 0. The topological polar surface area (TPSA) is 45.5 Å². The van der Waals surface area contributed by atoms with Gasteiger partial charge in [-0.25, -0.2) is 0 Å². The number of nitrogens with zero attached hydrogens (tertiary/aromatic N) is 2. The van der Waals surface area contributed by atoms with Crippen LogP contribution in [0, 0.1) is 11.8 Å². The van der Waals surface area contributed by atoms with Crippen molar-refractivity contribution in [3.63, 3.8) is 0 Å². The lowest BCUT2D eigenvalue weighted by Gasteiger charge is -2.35. The second-order valence-electron chi connectivity index (χ2n) is 7.05. The molecule has 0 spiro atoms. The Bertz CT molecular complexity index is 528. The molecule has 1 fully saturated rings. The van der Waals surface area contributed by atoms with Crippen molar-refractivity contribution in [1.29, 1.82) is 0 Å². The third-order valence-corrected chi connectivity index (χ3v) is 4.53. The van der Waals surface area contributed by atoms with Crippen LogP contribution in [0.1, 0.15) is 52.1 Å². The van der Waals surface area contributed by atoms with Gasteiger partial charge in [-0.05, 0) is 24.7 Å². The van der Waals surface area contributed by atoms with Crippen LogP contribution >= 0.6 is 0 Å². The van der Waals surface area contributed by atoms with Crippen LogP contribution in [0.3, 0.4) is 0 Å². The van der Waals surface area contributed by atoms with Gasteiger partial charge in [0, 0.05) is 37.9 Å². The average molecular weight is 306 g/mol. The van der Waals surface area contributed by atoms with E-state index in [0.29, 0.717) is 11.8 Å². The molecule has 0 amide bonds. The van der Waals surface area contributed by atoms with Crippen LogP contribution in [0.4, 0.5) is 0 Å². The molecule has 22 heavy (non-hydrogen) atoms. The minimum absolute atomic E-state index is 0.138. The molecular weight excluding hydrogens is 276 g/mol. The lowest BCUT2D eigenvalue weighted by molar-refractivity contribution is 0.131. The van der Waals surface area contributed by atoms with E-state index in [9.17, 15) is 9.90 Å². The highest BCUT2D eigenvalue weighted by Crippen LogP contribution is 2.22. The van der Waals surface area contributed by atoms with Crippen LogP contribution in [0.2, 0.25) is 0 Å². The number of rotatable bonds is 6. The SMILES string of the molecule is CCCCCn1cc(O)c(=O)cc1CN1CC(C)CC(C)C1. The predicted octanol–water partition coefficient (Wildman–Crippen LogP) is 3.22. The maximum absolute atomic E-state index is 11.8. The summed E-state index contributed by atoms with van der Waals surface area (Å²) in [6.07, 6.45) is 6.32. The predicted molar refractivity (Wildman–Crippen MR) is 90.1 cm³/mol. The van der Waals surface area contributed by atoms with E-state index in [1.165, 1.54) is 19.3 Å². The quantitative estimate of drug-likeness (QED) is 0.821. The molecule has 1 aromatic rings. The Labute approximate surface area is 133 Å². The largest absolute Gasteiger partial charge is 0.503 e. The maximum Gasteiger partial charge on any atom is 0.223 e. The molecule has 4 heteroatoms. The Morgan fingerprint density at radius 2 is 1.91 bits per heavy atom. The van der Waals surface area contributed by atoms with E-state index in [4.69, 9.17) is 0 Å². The minimum Gasteiger partial charge on any atom is -0.503 e. The Balaban J connectivity index is 2.13. The molecule has 0 radical (unpaired) electrons. The second-order valence-corrected chi connectivity index (χ2v) is 7.05. The van der Waals surface area contributed by atoms with Crippen molar-refractivity contribution in [3.8, 4) is 5.75 Å². The molecular formula is C18H30N2O2. The summed E-state index contributed by atoms with van der Waals surface area (Å²) in [6, 6.07) is 1.62. The molecule has 1 aromatic heterocycles. The van der Waals surface area contributed by atoms with Crippen molar-refractivity contribution in [3.05, 3.63) is 28.2 Å². The molecule has 1 aliphatic heterocycles. The van der Waals surface area contributed by atoms with Crippen molar-refractivity contribution >= 4 is 0 Å². The van der Waals surface area contributed by atoms with E-state index in [1.54, 1.807) is 12.3 Å². The van der Waals surface area contributed by atoms with Gasteiger partial charge in [0.2, 0.25) is 5.43 Å². The molecule has 0 aromatic carbocycles. The molecule has 2 unspecified atom stereocenters. The number of likely N-dealkylation sites (tertiary alicyclic amines) is 1. The van der Waals surface area contributed by atoms with Crippen molar-refractivity contribution in [1.82, 2.24) is 9.47 Å². The fourth-order valence-electron chi connectivity index (χ4n) is 3.63. The number of aromatic hydroxyl groups is 1. The Morgan fingerprint density at radius 1 is 1.23 bits per heavy atom.